The molecule has 0 aliphatic carbocycles. The summed E-state index contributed by atoms with van der Waals surface area (Å²) in [6, 6.07) is 16.6. The van der Waals surface area contributed by atoms with Crippen molar-refractivity contribution < 1.29 is 19.2 Å². The Balaban J connectivity index is 1.92. The molecule has 0 aliphatic rings. The summed E-state index contributed by atoms with van der Waals surface area (Å²) in [5, 5.41) is 2.64. The molecule has 0 unspecified atom stereocenters. The van der Waals surface area contributed by atoms with Gasteiger partial charge in [-0.2, -0.15) is 0 Å². The maximum Gasteiger partial charge on any atom is 0.408 e. The molecular formula is C23H31N3O4. The normalized spacial score (nSPS) is 12.1. The smallest absolute Gasteiger partial charge is 0.408 e. The first-order valence-electron chi connectivity index (χ1n) is 10.00. The lowest BCUT2D eigenvalue weighted by Gasteiger charge is -2.23. The van der Waals surface area contributed by atoms with E-state index in [1.54, 1.807) is 20.8 Å². The van der Waals surface area contributed by atoms with Crippen LogP contribution >= 0.6 is 0 Å². The number of aryl methyl sites for hydroxylation is 1. The van der Waals surface area contributed by atoms with Crippen LogP contribution in [0.5, 0.6) is 0 Å². The summed E-state index contributed by atoms with van der Waals surface area (Å²) in [4.78, 5) is 30.2. The molecule has 0 aliphatic heterocycles. The van der Waals surface area contributed by atoms with E-state index in [1.165, 1.54) is 0 Å². The Hall–Kier alpha value is -2.90. The van der Waals surface area contributed by atoms with Gasteiger partial charge in [0.05, 0.1) is 6.61 Å². The second-order valence-corrected chi connectivity index (χ2v) is 8.00. The quantitative estimate of drug-likeness (QED) is 0.548. The van der Waals surface area contributed by atoms with Crippen LogP contribution < -0.4 is 16.5 Å². The molecule has 2 aromatic carbocycles. The Bertz CT molecular complexity index is 801. The van der Waals surface area contributed by atoms with Crippen LogP contribution in [0.2, 0.25) is 0 Å². The summed E-state index contributed by atoms with van der Waals surface area (Å²) in [6.07, 6.45) is 0.381. The van der Waals surface area contributed by atoms with Gasteiger partial charge in [-0.25, -0.2) is 10.3 Å². The van der Waals surface area contributed by atoms with Crippen molar-refractivity contribution in [1.29, 1.82) is 0 Å². The van der Waals surface area contributed by atoms with Crippen LogP contribution in [0.25, 0.3) is 0 Å². The lowest BCUT2D eigenvalue weighted by molar-refractivity contribution is -0.137. The standard InChI is InChI=1S/C23H31N3O4/c1-23(2,3)30-22(28)25-20(14-13-17-7-5-4-6-8-17)21(27)26-29-16-19-11-9-18(15-24)10-12-19/h4-12,20H,13-16,24H2,1-3H3,(H,25,28)(H,26,27)/t20-/m1/s1. The van der Waals surface area contributed by atoms with E-state index in [0.717, 1.165) is 16.7 Å². The minimum atomic E-state index is -0.792. The monoisotopic (exact) mass is 413 g/mol. The van der Waals surface area contributed by atoms with E-state index in [2.05, 4.69) is 10.8 Å². The van der Waals surface area contributed by atoms with Gasteiger partial charge in [-0.05, 0) is 50.3 Å². The molecule has 1 atom stereocenters. The summed E-state index contributed by atoms with van der Waals surface area (Å²) >= 11 is 0. The highest BCUT2D eigenvalue weighted by Crippen LogP contribution is 2.10. The molecule has 4 N–H and O–H groups in total. The zero-order valence-corrected chi connectivity index (χ0v) is 17.8. The Morgan fingerprint density at radius 2 is 1.60 bits per heavy atom. The third kappa shape index (κ3) is 8.63. The van der Waals surface area contributed by atoms with Crippen molar-refractivity contribution in [2.75, 3.05) is 0 Å². The minimum absolute atomic E-state index is 0.203. The van der Waals surface area contributed by atoms with Gasteiger partial charge in [0.2, 0.25) is 0 Å². The Morgan fingerprint density at radius 1 is 0.967 bits per heavy atom. The Labute approximate surface area is 177 Å². The third-order valence-corrected chi connectivity index (χ3v) is 4.24. The maximum atomic E-state index is 12.6. The van der Waals surface area contributed by atoms with Gasteiger partial charge in [-0.3, -0.25) is 9.63 Å². The van der Waals surface area contributed by atoms with Gasteiger partial charge in [-0.15, -0.1) is 0 Å². The molecule has 0 saturated heterocycles. The van der Waals surface area contributed by atoms with E-state index in [9.17, 15) is 9.59 Å². The number of hydrogen-bond donors (Lipinski definition) is 3. The number of nitrogens with two attached hydrogens (primary N) is 1. The number of amides is 2. The highest BCUT2D eigenvalue weighted by molar-refractivity contribution is 5.84. The van der Waals surface area contributed by atoms with E-state index < -0.39 is 23.6 Å². The van der Waals surface area contributed by atoms with Gasteiger partial charge in [0, 0.05) is 6.54 Å². The number of alkyl carbamates (subject to hydrolysis) is 1. The second-order valence-electron chi connectivity index (χ2n) is 8.00. The van der Waals surface area contributed by atoms with Crippen LogP contribution in [0.3, 0.4) is 0 Å². The van der Waals surface area contributed by atoms with Crippen molar-refractivity contribution in [2.24, 2.45) is 5.73 Å². The van der Waals surface area contributed by atoms with E-state index in [1.807, 2.05) is 54.6 Å². The molecular weight excluding hydrogens is 382 g/mol. The van der Waals surface area contributed by atoms with Crippen LogP contribution in [0, 0.1) is 0 Å². The zero-order valence-electron chi connectivity index (χ0n) is 17.8. The fourth-order valence-electron chi connectivity index (χ4n) is 2.71. The van der Waals surface area contributed by atoms with Crippen molar-refractivity contribution in [3.8, 4) is 0 Å². The van der Waals surface area contributed by atoms with Gasteiger partial charge in [0.1, 0.15) is 11.6 Å². The third-order valence-electron chi connectivity index (χ3n) is 4.24. The van der Waals surface area contributed by atoms with Crippen LogP contribution in [0.1, 0.15) is 43.9 Å². The number of ether oxygens (including phenoxy) is 1. The molecule has 2 rings (SSSR count). The SMILES string of the molecule is CC(C)(C)OC(=O)N[C@H](CCc1ccccc1)C(=O)NOCc1ccc(CN)cc1. The number of hydrogen-bond acceptors (Lipinski definition) is 5. The van der Waals surface area contributed by atoms with E-state index in [4.69, 9.17) is 15.3 Å². The molecule has 7 heteroatoms. The molecule has 0 bridgehead atoms. The molecule has 0 fully saturated rings. The summed E-state index contributed by atoms with van der Waals surface area (Å²) < 4.78 is 5.28. The lowest BCUT2D eigenvalue weighted by atomic mass is 10.1. The predicted molar refractivity (Wildman–Crippen MR) is 115 cm³/mol. The van der Waals surface area contributed by atoms with Crippen LogP contribution in [-0.2, 0) is 33.9 Å². The molecule has 2 amide bonds. The summed E-state index contributed by atoms with van der Waals surface area (Å²) in [6.45, 7) is 5.98. The molecule has 2 aromatic rings. The molecule has 162 valence electrons. The van der Waals surface area contributed by atoms with Gasteiger partial charge >= 0.3 is 6.09 Å². The van der Waals surface area contributed by atoms with Gasteiger partial charge < -0.3 is 15.8 Å². The van der Waals surface area contributed by atoms with Crippen molar-refractivity contribution in [3.05, 3.63) is 71.3 Å². The molecule has 7 nitrogen and oxygen atoms in total. The molecule has 0 spiro atoms. The lowest BCUT2D eigenvalue weighted by Crippen LogP contribution is -2.48. The summed E-state index contributed by atoms with van der Waals surface area (Å²) in [5.41, 5.74) is 10.3. The van der Waals surface area contributed by atoms with E-state index in [-0.39, 0.29) is 6.61 Å². The van der Waals surface area contributed by atoms with Crippen LogP contribution in [0.15, 0.2) is 54.6 Å². The molecule has 30 heavy (non-hydrogen) atoms. The number of carbonyl (C=O) groups excluding carboxylic acids is 2. The first kappa shape index (κ1) is 23.4. The van der Waals surface area contributed by atoms with Crippen molar-refractivity contribution in [1.82, 2.24) is 10.8 Å². The van der Waals surface area contributed by atoms with Crippen molar-refractivity contribution >= 4 is 12.0 Å². The molecule has 0 heterocycles. The number of carbonyl (C=O) groups is 2. The van der Waals surface area contributed by atoms with E-state index >= 15 is 0 Å². The average Bonchev–Trinajstić information content (AvgIpc) is 2.71. The van der Waals surface area contributed by atoms with Crippen LogP contribution in [-0.4, -0.2) is 23.6 Å². The van der Waals surface area contributed by atoms with Crippen molar-refractivity contribution in [3.63, 3.8) is 0 Å². The summed E-state index contributed by atoms with van der Waals surface area (Å²) in [7, 11) is 0. The number of nitrogens with one attached hydrogen (secondary N) is 2. The van der Waals surface area contributed by atoms with Gasteiger partial charge in [0.15, 0.2) is 0 Å². The van der Waals surface area contributed by atoms with Gasteiger partial charge in [0.25, 0.3) is 5.91 Å². The van der Waals surface area contributed by atoms with E-state index in [0.29, 0.717) is 19.4 Å². The predicted octanol–water partition coefficient (Wildman–Crippen LogP) is 3.22. The first-order chi connectivity index (χ1) is 14.3. The highest BCUT2D eigenvalue weighted by Gasteiger charge is 2.24. The number of hydroxylamine groups is 1. The Kier molecular flexibility index (Phi) is 8.83. The van der Waals surface area contributed by atoms with Crippen molar-refractivity contribution in [2.45, 2.75) is 58.4 Å². The maximum absolute atomic E-state index is 12.6. The second kappa shape index (κ2) is 11.3. The largest absolute Gasteiger partial charge is 0.444 e. The van der Waals surface area contributed by atoms with Gasteiger partial charge in [-0.1, -0.05) is 54.6 Å². The molecule has 0 aromatic heterocycles. The highest BCUT2D eigenvalue weighted by atomic mass is 16.7. The Morgan fingerprint density at radius 3 is 2.20 bits per heavy atom. The number of rotatable bonds is 9. The zero-order chi connectivity index (χ0) is 22.0. The fraction of sp³-hybridized carbons (Fsp3) is 0.391. The minimum Gasteiger partial charge on any atom is -0.444 e. The average molecular weight is 414 g/mol. The topological polar surface area (TPSA) is 103 Å². The fourth-order valence-corrected chi connectivity index (χ4v) is 2.71. The molecule has 0 saturated carbocycles. The molecule has 0 radical (unpaired) electrons. The summed E-state index contributed by atoms with van der Waals surface area (Å²) in [5.74, 6) is -0.435. The number of benzene rings is 2. The van der Waals surface area contributed by atoms with Crippen LogP contribution in [0.4, 0.5) is 4.79 Å². The first-order valence-corrected chi connectivity index (χ1v) is 10.00.